The van der Waals surface area contributed by atoms with Gasteiger partial charge in [0.05, 0.1) is 29.5 Å². The van der Waals surface area contributed by atoms with Crippen LogP contribution in [-0.2, 0) is 9.59 Å². The van der Waals surface area contributed by atoms with Crippen molar-refractivity contribution < 1.29 is 14.3 Å². The van der Waals surface area contributed by atoms with Gasteiger partial charge in [0, 0.05) is 22.7 Å². The molecule has 4 aromatic rings. The minimum atomic E-state index is -0.246. The van der Waals surface area contributed by atoms with E-state index in [-0.39, 0.29) is 35.4 Å². The van der Waals surface area contributed by atoms with E-state index in [9.17, 15) is 9.59 Å². The highest BCUT2D eigenvalue weighted by Crippen LogP contribution is 2.50. The van der Waals surface area contributed by atoms with Gasteiger partial charge in [0.15, 0.2) is 0 Å². The monoisotopic (exact) mass is 538 g/mol. The van der Waals surface area contributed by atoms with E-state index in [0.717, 1.165) is 52.2 Å². The van der Waals surface area contributed by atoms with Crippen LogP contribution in [0.4, 0.5) is 5.82 Å². The molecule has 1 aliphatic carbocycles. The van der Waals surface area contributed by atoms with E-state index in [1.54, 1.807) is 12.0 Å². The molecule has 1 N–H and O–H groups in total. The summed E-state index contributed by atoms with van der Waals surface area (Å²) in [5.41, 5.74) is 5.46. The highest BCUT2D eigenvalue weighted by Gasteiger charge is 2.39. The van der Waals surface area contributed by atoms with Crippen LogP contribution in [0.2, 0.25) is 0 Å². The van der Waals surface area contributed by atoms with Crippen molar-refractivity contribution in [2.75, 3.05) is 24.3 Å². The van der Waals surface area contributed by atoms with Gasteiger partial charge in [-0.3, -0.25) is 14.5 Å². The topological polar surface area (TPSA) is 76.5 Å². The Morgan fingerprint density at radius 3 is 2.49 bits per heavy atom. The molecule has 2 aliphatic rings. The molecule has 198 valence electrons. The second-order valence-corrected chi connectivity index (χ2v) is 11.0. The summed E-state index contributed by atoms with van der Waals surface area (Å²) in [6.45, 7) is 1.97. The summed E-state index contributed by atoms with van der Waals surface area (Å²) in [6.07, 6.45) is 1.96. The van der Waals surface area contributed by atoms with E-state index in [2.05, 4.69) is 5.32 Å². The van der Waals surface area contributed by atoms with E-state index in [1.807, 2.05) is 90.5 Å². The molecule has 3 aromatic carbocycles. The predicted octanol–water partition coefficient (Wildman–Crippen LogP) is 5.30. The summed E-state index contributed by atoms with van der Waals surface area (Å²) in [4.78, 5) is 28.5. The number of fused-ring (bicyclic) bond motifs is 1. The number of thioether (sulfide) groups is 1. The number of anilines is 1. The second kappa shape index (κ2) is 10.6. The molecule has 1 fully saturated rings. The van der Waals surface area contributed by atoms with Crippen molar-refractivity contribution in [3.8, 4) is 22.7 Å². The molecular formula is C31H30N4O3S. The minimum Gasteiger partial charge on any atom is -0.496 e. The number of ether oxygens (including phenoxy) is 1. The van der Waals surface area contributed by atoms with Crippen LogP contribution >= 0.6 is 11.8 Å². The number of aromatic nitrogens is 2. The standard InChI is InChI=1S/C31H30N4O3S/c1-20-10-6-8-14-24(20)35-31-28(29(33-35)21-11-4-3-5-12-21)30(23-13-7-9-15-25(23)38-2)39-19-27(37)34(31)18-26(36)32-22-16-17-22/h3-15,22,30H,16-19H2,1-2H3,(H,32,36)/t30-/m1/s1. The van der Waals surface area contributed by atoms with Gasteiger partial charge in [0.2, 0.25) is 11.8 Å². The van der Waals surface area contributed by atoms with Crippen molar-refractivity contribution in [3.63, 3.8) is 0 Å². The van der Waals surface area contributed by atoms with Crippen LogP contribution in [0, 0.1) is 6.92 Å². The van der Waals surface area contributed by atoms with Crippen LogP contribution in [0.3, 0.4) is 0 Å². The fraction of sp³-hybridized carbons (Fsp3) is 0.258. The maximum Gasteiger partial charge on any atom is 0.240 e. The van der Waals surface area contributed by atoms with Gasteiger partial charge in [0.1, 0.15) is 18.1 Å². The number of aryl methyl sites for hydroxylation is 1. The Morgan fingerprint density at radius 2 is 1.74 bits per heavy atom. The molecule has 6 rings (SSSR count). The van der Waals surface area contributed by atoms with Gasteiger partial charge in [-0.2, -0.15) is 5.10 Å². The highest BCUT2D eigenvalue weighted by atomic mass is 32.2. The quantitative estimate of drug-likeness (QED) is 0.345. The first-order valence-electron chi connectivity index (χ1n) is 13.1. The average molecular weight is 539 g/mol. The lowest BCUT2D eigenvalue weighted by atomic mass is 9.99. The molecular weight excluding hydrogens is 508 g/mol. The molecule has 1 aromatic heterocycles. The summed E-state index contributed by atoms with van der Waals surface area (Å²) in [5.74, 6) is 1.31. The van der Waals surface area contributed by atoms with Crippen LogP contribution in [0.5, 0.6) is 5.75 Å². The van der Waals surface area contributed by atoms with Crippen molar-refractivity contribution >= 4 is 29.4 Å². The summed E-state index contributed by atoms with van der Waals surface area (Å²) >= 11 is 1.54. The molecule has 2 heterocycles. The molecule has 7 nitrogen and oxygen atoms in total. The Hall–Kier alpha value is -4.04. The number of methoxy groups -OCH3 is 1. The van der Waals surface area contributed by atoms with Gasteiger partial charge in [-0.05, 0) is 37.5 Å². The van der Waals surface area contributed by atoms with E-state index in [4.69, 9.17) is 9.84 Å². The first-order chi connectivity index (χ1) is 19.0. The van der Waals surface area contributed by atoms with Crippen molar-refractivity contribution in [2.24, 2.45) is 0 Å². The van der Waals surface area contributed by atoms with E-state index in [1.165, 1.54) is 11.8 Å². The zero-order valence-corrected chi connectivity index (χ0v) is 22.8. The first-order valence-corrected chi connectivity index (χ1v) is 14.2. The molecule has 1 aliphatic heterocycles. The van der Waals surface area contributed by atoms with Gasteiger partial charge in [-0.15, -0.1) is 11.8 Å². The number of hydrogen-bond acceptors (Lipinski definition) is 5. The summed E-state index contributed by atoms with van der Waals surface area (Å²) in [5, 5.41) is 7.98. The zero-order valence-electron chi connectivity index (χ0n) is 22.0. The highest BCUT2D eigenvalue weighted by molar-refractivity contribution is 8.00. The van der Waals surface area contributed by atoms with Crippen molar-refractivity contribution in [1.82, 2.24) is 15.1 Å². The number of nitrogens with zero attached hydrogens (tertiary/aromatic N) is 3. The number of amides is 2. The third kappa shape index (κ3) is 4.92. The van der Waals surface area contributed by atoms with Crippen LogP contribution in [0.15, 0.2) is 78.9 Å². The third-order valence-corrected chi connectivity index (χ3v) is 8.38. The SMILES string of the molecule is COc1ccccc1[C@H]1SCC(=O)N(CC(=O)NC2CC2)c2c1c(-c1ccccc1)nn2-c1ccccc1C. The van der Waals surface area contributed by atoms with Gasteiger partial charge < -0.3 is 10.1 Å². The zero-order chi connectivity index (χ0) is 26.9. The minimum absolute atomic E-state index is 0.0622. The lowest BCUT2D eigenvalue weighted by Crippen LogP contribution is -2.43. The molecule has 1 atom stereocenters. The Kier molecular flexibility index (Phi) is 6.87. The second-order valence-electron chi connectivity index (χ2n) is 9.90. The van der Waals surface area contributed by atoms with E-state index in [0.29, 0.717) is 5.82 Å². The fourth-order valence-electron chi connectivity index (χ4n) is 5.07. The van der Waals surface area contributed by atoms with E-state index >= 15 is 0 Å². The molecule has 0 bridgehead atoms. The number of rotatable bonds is 7. The third-order valence-electron chi connectivity index (χ3n) is 7.15. The number of carbonyl (C=O) groups is 2. The van der Waals surface area contributed by atoms with Crippen LogP contribution in [-0.4, -0.2) is 47.0 Å². The largest absolute Gasteiger partial charge is 0.496 e. The number of para-hydroxylation sites is 2. The van der Waals surface area contributed by atoms with Crippen molar-refractivity contribution in [3.05, 3.63) is 95.6 Å². The van der Waals surface area contributed by atoms with Gasteiger partial charge in [-0.25, -0.2) is 4.68 Å². The Bertz CT molecular complexity index is 1530. The Morgan fingerprint density at radius 1 is 1.03 bits per heavy atom. The Labute approximate surface area is 232 Å². The molecule has 39 heavy (non-hydrogen) atoms. The summed E-state index contributed by atoms with van der Waals surface area (Å²) in [7, 11) is 1.66. The molecule has 0 radical (unpaired) electrons. The lowest BCUT2D eigenvalue weighted by molar-refractivity contribution is -0.123. The van der Waals surface area contributed by atoms with Gasteiger partial charge in [-0.1, -0.05) is 66.7 Å². The van der Waals surface area contributed by atoms with Crippen molar-refractivity contribution in [1.29, 1.82) is 0 Å². The molecule has 0 spiro atoms. The van der Waals surface area contributed by atoms with Gasteiger partial charge in [0.25, 0.3) is 0 Å². The Balaban J connectivity index is 1.63. The van der Waals surface area contributed by atoms with Crippen molar-refractivity contribution in [2.45, 2.75) is 31.1 Å². The first kappa shape index (κ1) is 25.2. The molecule has 1 saturated carbocycles. The summed E-state index contributed by atoms with van der Waals surface area (Å²) < 4.78 is 7.63. The predicted molar refractivity (Wildman–Crippen MR) is 155 cm³/mol. The molecule has 2 amide bonds. The smallest absolute Gasteiger partial charge is 0.240 e. The number of hydrogen-bond donors (Lipinski definition) is 1. The van der Waals surface area contributed by atoms with Crippen LogP contribution < -0.4 is 15.0 Å². The molecule has 0 unspecified atom stereocenters. The lowest BCUT2D eigenvalue weighted by Gasteiger charge is -2.24. The molecule has 0 saturated heterocycles. The van der Waals surface area contributed by atoms with Gasteiger partial charge >= 0.3 is 0 Å². The van der Waals surface area contributed by atoms with E-state index < -0.39 is 0 Å². The average Bonchev–Trinajstić information content (AvgIpc) is 3.71. The number of carbonyl (C=O) groups excluding carboxylic acids is 2. The molecule has 8 heteroatoms. The summed E-state index contributed by atoms with van der Waals surface area (Å²) in [6, 6.07) is 26.1. The maximum atomic E-state index is 13.8. The van der Waals surface area contributed by atoms with Crippen LogP contribution in [0.25, 0.3) is 16.9 Å². The number of nitrogens with one attached hydrogen (secondary N) is 1. The van der Waals surface area contributed by atoms with Crippen LogP contribution in [0.1, 0.15) is 34.8 Å². The fourth-order valence-corrected chi connectivity index (χ4v) is 6.29. The maximum absolute atomic E-state index is 13.8. The normalized spacial score (nSPS) is 16.9. The number of benzene rings is 3.